The zero-order valence-corrected chi connectivity index (χ0v) is 18.7. The molecule has 0 spiro atoms. The van der Waals surface area contributed by atoms with Crippen LogP contribution in [0.4, 0.5) is 10.6 Å². The van der Waals surface area contributed by atoms with Gasteiger partial charge in [-0.2, -0.15) is 0 Å². The number of ether oxygens (including phenoxy) is 1. The highest BCUT2D eigenvalue weighted by Gasteiger charge is 2.25. The number of carbonyl (C=O) groups is 2. The van der Waals surface area contributed by atoms with Crippen LogP contribution in [0.15, 0.2) is 36.7 Å². The maximum Gasteiger partial charge on any atom is 0.407 e. The van der Waals surface area contributed by atoms with Gasteiger partial charge in [0.05, 0.1) is 18.1 Å². The molecule has 2 amide bonds. The lowest BCUT2D eigenvalue weighted by Gasteiger charge is -2.33. The van der Waals surface area contributed by atoms with Crippen LogP contribution in [0.1, 0.15) is 60.8 Å². The first-order valence-corrected chi connectivity index (χ1v) is 10.9. The Kier molecular flexibility index (Phi) is 5.86. The Labute approximate surface area is 187 Å². The number of nitrogens with one attached hydrogen (secondary N) is 1. The summed E-state index contributed by atoms with van der Waals surface area (Å²) in [6.07, 6.45) is 7.65. The molecule has 1 aromatic carbocycles. The Bertz CT molecular complexity index is 1070. The minimum atomic E-state index is -0.507. The Morgan fingerprint density at radius 1 is 1.19 bits per heavy atom. The molecule has 0 unspecified atom stereocenters. The van der Waals surface area contributed by atoms with Gasteiger partial charge in [-0.25, -0.2) is 9.78 Å². The van der Waals surface area contributed by atoms with E-state index in [0.717, 1.165) is 60.6 Å². The molecule has 1 aliphatic heterocycles. The lowest BCUT2D eigenvalue weighted by molar-refractivity contribution is 0.0497. The molecule has 0 saturated carbocycles. The number of fused-ring (bicyclic) bond motifs is 1. The summed E-state index contributed by atoms with van der Waals surface area (Å²) >= 11 is 0. The molecule has 4 rings (SSSR count). The number of nitrogens with two attached hydrogens (primary N) is 1. The highest BCUT2D eigenvalue weighted by molar-refractivity contribution is 5.95. The highest BCUT2D eigenvalue weighted by atomic mass is 16.6. The summed E-state index contributed by atoms with van der Waals surface area (Å²) in [5.74, 6) is 0.361. The number of carbonyl (C=O) groups excluding carboxylic acids is 2. The molecule has 2 aliphatic rings. The average molecular weight is 436 g/mol. The smallest absolute Gasteiger partial charge is 0.407 e. The van der Waals surface area contributed by atoms with E-state index in [1.54, 1.807) is 18.5 Å². The van der Waals surface area contributed by atoms with Gasteiger partial charge in [-0.1, -0.05) is 12.1 Å². The van der Waals surface area contributed by atoms with Gasteiger partial charge in [0.1, 0.15) is 11.4 Å². The van der Waals surface area contributed by atoms with Crippen molar-refractivity contribution in [3.8, 4) is 0 Å². The number of rotatable bonds is 4. The van der Waals surface area contributed by atoms with E-state index >= 15 is 0 Å². The average Bonchev–Trinajstić information content (AvgIpc) is 3.16. The largest absolute Gasteiger partial charge is 0.444 e. The summed E-state index contributed by atoms with van der Waals surface area (Å²) in [6, 6.07) is 5.61. The Morgan fingerprint density at radius 2 is 1.94 bits per heavy atom. The van der Waals surface area contributed by atoms with Crippen LogP contribution in [0.5, 0.6) is 0 Å². The maximum absolute atomic E-state index is 12.0. The number of nitrogens with zero attached hydrogens (tertiary/aromatic N) is 3. The number of benzene rings is 1. The van der Waals surface area contributed by atoms with Gasteiger partial charge in [-0.15, -0.1) is 0 Å². The molecule has 0 radical (unpaired) electrons. The number of amides is 2. The van der Waals surface area contributed by atoms with Gasteiger partial charge >= 0.3 is 6.09 Å². The predicted molar refractivity (Wildman–Crippen MR) is 122 cm³/mol. The van der Waals surface area contributed by atoms with Crippen LogP contribution in [-0.4, -0.2) is 46.7 Å². The van der Waals surface area contributed by atoms with Crippen molar-refractivity contribution in [2.24, 2.45) is 5.73 Å². The molecule has 1 aromatic heterocycles. The molecule has 0 atom stereocenters. The van der Waals surface area contributed by atoms with Crippen molar-refractivity contribution < 1.29 is 14.3 Å². The van der Waals surface area contributed by atoms with Crippen LogP contribution in [0, 0.1) is 0 Å². The van der Waals surface area contributed by atoms with Gasteiger partial charge in [-0.05, 0) is 63.3 Å². The van der Waals surface area contributed by atoms with Gasteiger partial charge in [-0.3, -0.25) is 9.78 Å². The Hall–Kier alpha value is -3.42. The van der Waals surface area contributed by atoms with Crippen molar-refractivity contribution in [3.05, 3.63) is 59.1 Å². The normalized spacial score (nSPS) is 16.3. The molecule has 2 heterocycles. The molecule has 32 heavy (non-hydrogen) atoms. The second-order valence-corrected chi connectivity index (χ2v) is 9.23. The lowest BCUT2D eigenvalue weighted by Crippen LogP contribution is -2.46. The number of alkyl carbamates (subject to hydrolysis) is 1. The summed E-state index contributed by atoms with van der Waals surface area (Å²) in [4.78, 5) is 35.1. The maximum atomic E-state index is 12.0. The fraction of sp³-hybridized carbons (Fsp3) is 0.417. The summed E-state index contributed by atoms with van der Waals surface area (Å²) in [6.45, 7) is 7.09. The molecular weight excluding hydrogens is 406 g/mol. The van der Waals surface area contributed by atoms with Crippen molar-refractivity contribution in [2.75, 3.05) is 18.0 Å². The minimum Gasteiger partial charge on any atom is -0.444 e. The third-order valence-corrected chi connectivity index (χ3v) is 5.65. The minimum absolute atomic E-state index is 0.0777. The van der Waals surface area contributed by atoms with Crippen LogP contribution in [0.2, 0.25) is 0 Å². The second kappa shape index (κ2) is 8.61. The molecule has 1 fully saturated rings. The summed E-state index contributed by atoms with van der Waals surface area (Å²) in [5, 5.41) is 2.96. The fourth-order valence-electron chi connectivity index (χ4n) is 4.09. The number of anilines is 1. The van der Waals surface area contributed by atoms with Gasteiger partial charge in [0.15, 0.2) is 0 Å². The van der Waals surface area contributed by atoms with Crippen LogP contribution >= 0.6 is 0 Å². The molecule has 1 saturated heterocycles. The standard InChI is InChI=1S/C24H29N5O3/c1-24(2,3)32-23(31)27-17-8-10-29(11-9-17)21-14-26-13-20(28-21)18-7-6-15-4-5-16(22(25)30)12-19(15)18/h4-5,7,12-14,17H,6,8-11H2,1-3H3,(H2,25,30)(H,27,31). The number of allylic oxidation sites excluding steroid dienone is 1. The topological polar surface area (TPSA) is 110 Å². The van der Waals surface area contributed by atoms with E-state index in [2.05, 4.69) is 21.3 Å². The number of primary amides is 1. The second-order valence-electron chi connectivity index (χ2n) is 9.23. The molecule has 2 aromatic rings. The Balaban J connectivity index is 1.43. The molecule has 8 nitrogen and oxygen atoms in total. The lowest BCUT2D eigenvalue weighted by atomic mass is 10.0. The first-order chi connectivity index (χ1) is 15.2. The van der Waals surface area contributed by atoms with Crippen LogP contribution < -0.4 is 16.0 Å². The first kappa shape index (κ1) is 21.8. The zero-order valence-electron chi connectivity index (χ0n) is 18.7. The van der Waals surface area contributed by atoms with Crippen molar-refractivity contribution in [3.63, 3.8) is 0 Å². The summed E-state index contributed by atoms with van der Waals surface area (Å²) in [7, 11) is 0. The van der Waals surface area contributed by atoms with E-state index in [4.69, 9.17) is 15.5 Å². The summed E-state index contributed by atoms with van der Waals surface area (Å²) < 4.78 is 5.36. The van der Waals surface area contributed by atoms with E-state index in [1.807, 2.05) is 32.9 Å². The van der Waals surface area contributed by atoms with E-state index < -0.39 is 11.5 Å². The number of hydrogen-bond acceptors (Lipinski definition) is 6. The molecule has 1 aliphatic carbocycles. The third kappa shape index (κ3) is 4.90. The van der Waals surface area contributed by atoms with E-state index in [0.29, 0.717) is 5.56 Å². The van der Waals surface area contributed by atoms with Crippen LogP contribution in [0.25, 0.3) is 5.57 Å². The van der Waals surface area contributed by atoms with Crippen LogP contribution in [0.3, 0.4) is 0 Å². The monoisotopic (exact) mass is 435 g/mol. The van der Waals surface area contributed by atoms with Gasteiger partial charge < -0.3 is 20.7 Å². The number of piperidine rings is 1. The quantitative estimate of drug-likeness (QED) is 0.764. The van der Waals surface area contributed by atoms with E-state index in [-0.39, 0.29) is 12.1 Å². The predicted octanol–water partition coefficient (Wildman–Crippen LogP) is 3.06. The number of aromatic nitrogens is 2. The third-order valence-electron chi connectivity index (χ3n) is 5.65. The van der Waals surface area contributed by atoms with Gasteiger partial charge in [0.2, 0.25) is 5.91 Å². The highest BCUT2D eigenvalue weighted by Crippen LogP contribution is 2.33. The molecule has 168 valence electrons. The fourth-order valence-corrected chi connectivity index (χ4v) is 4.09. The van der Waals surface area contributed by atoms with E-state index in [1.165, 1.54) is 0 Å². The van der Waals surface area contributed by atoms with Crippen molar-refractivity contribution in [1.82, 2.24) is 15.3 Å². The molecule has 8 heteroatoms. The molecule has 0 bridgehead atoms. The Morgan fingerprint density at radius 3 is 2.62 bits per heavy atom. The van der Waals surface area contributed by atoms with Gasteiger partial charge in [0, 0.05) is 30.3 Å². The first-order valence-electron chi connectivity index (χ1n) is 10.9. The van der Waals surface area contributed by atoms with Crippen molar-refractivity contribution in [2.45, 2.75) is 51.7 Å². The zero-order chi connectivity index (χ0) is 22.9. The van der Waals surface area contributed by atoms with Crippen molar-refractivity contribution >= 4 is 23.4 Å². The summed E-state index contributed by atoms with van der Waals surface area (Å²) in [5.41, 5.74) is 9.31. The van der Waals surface area contributed by atoms with Crippen molar-refractivity contribution in [1.29, 1.82) is 0 Å². The van der Waals surface area contributed by atoms with E-state index in [9.17, 15) is 9.59 Å². The molecule has 3 N–H and O–H groups in total. The number of hydrogen-bond donors (Lipinski definition) is 2. The SMILES string of the molecule is CC(C)(C)OC(=O)NC1CCN(c2cncc(C3=CCc4ccc(C(N)=O)cc43)n2)CC1. The van der Waals surface area contributed by atoms with Crippen LogP contribution in [-0.2, 0) is 11.2 Å². The van der Waals surface area contributed by atoms with Gasteiger partial charge in [0.25, 0.3) is 0 Å². The molecular formula is C24H29N5O3.